The minimum atomic E-state index is -0.399. The molecule has 1 rings (SSSR count). The molecule has 1 amide bonds. The van der Waals surface area contributed by atoms with E-state index in [0.29, 0.717) is 12.0 Å². The molecule has 1 aliphatic heterocycles. The average molecular weight is 298 g/mol. The highest BCUT2D eigenvalue weighted by Gasteiger charge is 2.26. The summed E-state index contributed by atoms with van der Waals surface area (Å²) in [7, 11) is 0. The highest BCUT2D eigenvalue weighted by atomic mass is 16.6. The molecule has 4 nitrogen and oxygen atoms in total. The first-order valence-electron chi connectivity index (χ1n) is 8.57. The van der Waals surface area contributed by atoms with Gasteiger partial charge in [0.05, 0.1) is 0 Å². The van der Waals surface area contributed by atoms with Gasteiger partial charge in [0.15, 0.2) is 0 Å². The van der Waals surface area contributed by atoms with Gasteiger partial charge in [-0.3, -0.25) is 0 Å². The number of ether oxygens (including phenoxy) is 1. The Balaban J connectivity index is 2.27. The van der Waals surface area contributed by atoms with Crippen LogP contribution in [0.2, 0.25) is 0 Å². The average Bonchev–Trinajstić information content (AvgIpc) is 2.42. The van der Waals surface area contributed by atoms with Gasteiger partial charge in [0.1, 0.15) is 5.60 Å². The molecule has 1 saturated heterocycles. The Kier molecular flexibility index (Phi) is 7.50. The molecule has 0 aliphatic carbocycles. The second kappa shape index (κ2) is 8.62. The zero-order chi connectivity index (χ0) is 15.9. The SMILES string of the molecule is CCCC(CC)NCC1CCN(C(=O)OC(C)(C)C)CC1. The Morgan fingerprint density at radius 3 is 2.38 bits per heavy atom. The molecule has 1 aliphatic rings. The van der Waals surface area contributed by atoms with Gasteiger partial charge in [0, 0.05) is 19.1 Å². The number of piperidine rings is 1. The van der Waals surface area contributed by atoms with Crippen LogP contribution in [0.4, 0.5) is 4.79 Å². The molecule has 124 valence electrons. The summed E-state index contributed by atoms with van der Waals surface area (Å²) in [6, 6.07) is 0.652. The molecule has 0 bridgehead atoms. The van der Waals surface area contributed by atoms with Gasteiger partial charge in [0.2, 0.25) is 0 Å². The molecule has 21 heavy (non-hydrogen) atoms. The van der Waals surface area contributed by atoms with Crippen LogP contribution in [0.1, 0.15) is 66.7 Å². The summed E-state index contributed by atoms with van der Waals surface area (Å²) in [5.41, 5.74) is -0.399. The fourth-order valence-corrected chi connectivity index (χ4v) is 2.78. The van der Waals surface area contributed by atoms with Crippen molar-refractivity contribution in [3.8, 4) is 0 Å². The van der Waals surface area contributed by atoms with E-state index in [1.54, 1.807) is 0 Å². The van der Waals surface area contributed by atoms with Crippen LogP contribution in [0.3, 0.4) is 0 Å². The van der Waals surface area contributed by atoms with Gasteiger partial charge in [0.25, 0.3) is 0 Å². The van der Waals surface area contributed by atoms with Crippen molar-refractivity contribution in [3.63, 3.8) is 0 Å². The van der Waals surface area contributed by atoms with Crippen molar-refractivity contribution in [1.82, 2.24) is 10.2 Å². The Bertz CT molecular complexity index is 304. The van der Waals surface area contributed by atoms with Gasteiger partial charge in [-0.2, -0.15) is 0 Å². The van der Waals surface area contributed by atoms with Crippen molar-refractivity contribution in [2.45, 2.75) is 78.4 Å². The zero-order valence-corrected chi connectivity index (χ0v) is 14.6. The highest BCUT2D eigenvalue weighted by Crippen LogP contribution is 2.19. The molecule has 0 aromatic rings. The van der Waals surface area contributed by atoms with Gasteiger partial charge in [-0.15, -0.1) is 0 Å². The fourth-order valence-electron chi connectivity index (χ4n) is 2.78. The van der Waals surface area contributed by atoms with E-state index in [4.69, 9.17) is 4.74 Å². The lowest BCUT2D eigenvalue weighted by Gasteiger charge is -2.34. The third-order valence-electron chi connectivity index (χ3n) is 4.09. The zero-order valence-electron chi connectivity index (χ0n) is 14.6. The largest absolute Gasteiger partial charge is 0.444 e. The van der Waals surface area contributed by atoms with Gasteiger partial charge in [-0.1, -0.05) is 20.3 Å². The number of hydrogen-bond acceptors (Lipinski definition) is 3. The summed E-state index contributed by atoms with van der Waals surface area (Å²) in [5, 5.41) is 3.69. The van der Waals surface area contributed by atoms with Crippen molar-refractivity contribution in [2.75, 3.05) is 19.6 Å². The van der Waals surface area contributed by atoms with E-state index in [1.165, 1.54) is 19.3 Å². The van der Waals surface area contributed by atoms with Gasteiger partial charge >= 0.3 is 6.09 Å². The van der Waals surface area contributed by atoms with Crippen LogP contribution in [-0.2, 0) is 4.74 Å². The molecule has 1 atom stereocenters. The lowest BCUT2D eigenvalue weighted by molar-refractivity contribution is 0.0183. The fraction of sp³-hybridized carbons (Fsp3) is 0.941. The summed E-state index contributed by atoms with van der Waals surface area (Å²) in [4.78, 5) is 13.9. The number of rotatable bonds is 6. The Hall–Kier alpha value is -0.770. The maximum absolute atomic E-state index is 12.0. The van der Waals surface area contributed by atoms with Gasteiger partial charge in [-0.25, -0.2) is 4.79 Å². The van der Waals surface area contributed by atoms with Crippen molar-refractivity contribution in [1.29, 1.82) is 0 Å². The van der Waals surface area contributed by atoms with E-state index in [0.717, 1.165) is 32.5 Å². The van der Waals surface area contributed by atoms with Crippen molar-refractivity contribution < 1.29 is 9.53 Å². The van der Waals surface area contributed by atoms with Crippen LogP contribution < -0.4 is 5.32 Å². The number of likely N-dealkylation sites (tertiary alicyclic amines) is 1. The predicted molar refractivity (Wildman–Crippen MR) is 87.5 cm³/mol. The van der Waals surface area contributed by atoms with E-state index in [2.05, 4.69) is 19.2 Å². The number of nitrogens with zero attached hydrogens (tertiary/aromatic N) is 1. The van der Waals surface area contributed by atoms with Gasteiger partial charge in [-0.05, 0) is 58.9 Å². The molecule has 1 fully saturated rings. The predicted octanol–water partition coefficient (Wildman–Crippen LogP) is 3.80. The standard InChI is InChI=1S/C17H34N2O2/c1-6-8-15(7-2)18-13-14-9-11-19(12-10-14)16(20)21-17(3,4)5/h14-15,18H,6-13H2,1-5H3. The number of amides is 1. The van der Waals surface area contributed by atoms with Crippen LogP contribution >= 0.6 is 0 Å². The minimum absolute atomic E-state index is 0.161. The summed E-state index contributed by atoms with van der Waals surface area (Å²) in [5.74, 6) is 0.689. The number of hydrogen-bond donors (Lipinski definition) is 1. The molecular weight excluding hydrogens is 264 g/mol. The lowest BCUT2D eigenvalue weighted by Crippen LogP contribution is -2.44. The normalized spacial score (nSPS) is 18.6. The molecule has 1 heterocycles. The van der Waals surface area contributed by atoms with Crippen molar-refractivity contribution >= 4 is 6.09 Å². The van der Waals surface area contributed by atoms with E-state index >= 15 is 0 Å². The molecule has 4 heteroatoms. The van der Waals surface area contributed by atoms with Crippen molar-refractivity contribution in [3.05, 3.63) is 0 Å². The third-order valence-corrected chi connectivity index (χ3v) is 4.09. The van der Waals surface area contributed by atoms with E-state index in [9.17, 15) is 4.79 Å². The molecule has 0 saturated carbocycles. The van der Waals surface area contributed by atoms with Crippen LogP contribution in [0, 0.1) is 5.92 Å². The molecule has 1 N–H and O–H groups in total. The number of carbonyl (C=O) groups excluding carboxylic acids is 1. The smallest absolute Gasteiger partial charge is 0.410 e. The maximum atomic E-state index is 12.0. The minimum Gasteiger partial charge on any atom is -0.444 e. The third kappa shape index (κ3) is 7.16. The maximum Gasteiger partial charge on any atom is 0.410 e. The van der Waals surface area contributed by atoms with E-state index < -0.39 is 5.60 Å². The topological polar surface area (TPSA) is 41.6 Å². The molecule has 0 aromatic heterocycles. The summed E-state index contributed by atoms with van der Waals surface area (Å²) >= 11 is 0. The first-order valence-corrected chi connectivity index (χ1v) is 8.57. The lowest BCUT2D eigenvalue weighted by atomic mass is 9.96. The summed E-state index contributed by atoms with van der Waals surface area (Å²) in [6.07, 6.45) is 5.69. The molecule has 1 unspecified atom stereocenters. The quantitative estimate of drug-likeness (QED) is 0.811. The summed E-state index contributed by atoms with van der Waals surface area (Å²) in [6.45, 7) is 13.0. The van der Waals surface area contributed by atoms with Gasteiger partial charge < -0.3 is 15.0 Å². The van der Waals surface area contributed by atoms with Crippen LogP contribution in [0.15, 0.2) is 0 Å². The van der Waals surface area contributed by atoms with Crippen molar-refractivity contribution in [2.24, 2.45) is 5.92 Å². The Labute approximate surface area is 130 Å². The Morgan fingerprint density at radius 2 is 1.90 bits per heavy atom. The number of carbonyl (C=O) groups is 1. The second-order valence-corrected chi connectivity index (χ2v) is 7.21. The summed E-state index contributed by atoms with van der Waals surface area (Å²) < 4.78 is 5.43. The second-order valence-electron chi connectivity index (χ2n) is 7.21. The first kappa shape index (κ1) is 18.3. The van der Waals surface area contributed by atoms with Crippen LogP contribution in [-0.4, -0.2) is 42.3 Å². The van der Waals surface area contributed by atoms with E-state index in [-0.39, 0.29) is 6.09 Å². The molecule has 0 aromatic carbocycles. The molecular formula is C17H34N2O2. The monoisotopic (exact) mass is 298 g/mol. The molecule has 0 spiro atoms. The van der Waals surface area contributed by atoms with E-state index in [1.807, 2.05) is 25.7 Å². The molecule has 0 radical (unpaired) electrons. The van der Waals surface area contributed by atoms with Crippen LogP contribution in [0.25, 0.3) is 0 Å². The first-order chi connectivity index (χ1) is 9.85. The highest BCUT2D eigenvalue weighted by molar-refractivity contribution is 5.68. The Morgan fingerprint density at radius 1 is 1.29 bits per heavy atom. The van der Waals surface area contributed by atoms with Crippen LogP contribution in [0.5, 0.6) is 0 Å². The number of nitrogens with one attached hydrogen (secondary N) is 1.